The van der Waals surface area contributed by atoms with Crippen LogP contribution in [0.1, 0.15) is 29.8 Å². The molecule has 0 spiro atoms. The highest BCUT2D eigenvalue weighted by atomic mass is 35.5. The van der Waals surface area contributed by atoms with Crippen LogP contribution >= 0.6 is 11.6 Å². The molecule has 2 heterocycles. The first-order chi connectivity index (χ1) is 14.4. The van der Waals surface area contributed by atoms with Gasteiger partial charge in [0.2, 0.25) is 11.8 Å². The van der Waals surface area contributed by atoms with Crippen molar-refractivity contribution >= 4 is 34.8 Å². The van der Waals surface area contributed by atoms with Crippen LogP contribution in [0.15, 0.2) is 48.5 Å². The molecule has 0 saturated carbocycles. The number of carbonyl (C=O) groups excluding carboxylic acids is 2. The van der Waals surface area contributed by atoms with Gasteiger partial charge in [-0.15, -0.1) is 0 Å². The maximum absolute atomic E-state index is 12.6. The number of halogens is 1. The third-order valence-electron chi connectivity index (χ3n) is 5.39. The monoisotopic (exact) mass is 422 g/mol. The van der Waals surface area contributed by atoms with Crippen molar-refractivity contribution in [3.8, 4) is 5.69 Å². The lowest BCUT2D eigenvalue weighted by Gasteiger charge is -2.16. The lowest BCUT2D eigenvalue weighted by atomic mass is 10.1. The number of rotatable bonds is 5. The first-order valence-corrected chi connectivity index (χ1v) is 10.3. The summed E-state index contributed by atoms with van der Waals surface area (Å²) in [6.07, 6.45) is 1.72. The molecule has 1 fully saturated rings. The van der Waals surface area contributed by atoms with E-state index in [1.165, 1.54) is 0 Å². The molecule has 3 aromatic rings. The van der Waals surface area contributed by atoms with E-state index >= 15 is 0 Å². The van der Waals surface area contributed by atoms with Gasteiger partial charge in [0.15, 0.2) is 0 Å². The first kappa shape index (κ1) is 20.2. The Morgan fingerprint density at radius 2 is 1.73 bits per heavy atom. The Morgan fingerprint density at radius 3 is 2.37 bits per heavy atom. The first-order valence-electron chi connectivity index (χ1n) is 9.93. The predicted molar refractivity (Wildman–Crippen MR) is 118 cm³/mol. The van der Waals surface area contributed by atoms with Crippen LogP contribution in [0.4, 0.5) is 11.4 Å². The van der Waals surface area contributed by atoms with E-state index in [0.29, 0.717) is 17.1 Å². The van der Waals surface area contributed by atoms with Crippen molar-refractivity contribution in [2.75, 3.05) is 16.8 Å². The Labute approximate surface area is 180 Å². The number of benzene rings is 2. The molecule has 2 amide bonds. The Morgan fingerprint density at radius 1 is 1.07 bits per heavy atom. The van der Waals surface area contributed by atoms with Crippen LogP contribution in [0.5, 0.6) is 0 Å². The third kappa shape index (κ3) is 4.09. The fraction of sp³-hybridized carbons (Fsp3) is 0.261. The summed E-state index contributed by atoms with van der Waals surface area (Å²) in [5.74, 6) is 0.0392. The Hall–Kier alpha value is -3.12. The third-order valence-corrected chi connectivity index (χ3v) is 5.64. The molecule has 0 unspecified atom stereocenters. The minimum Gasteiger partial charge on any atom is -0.326 e. The largest absolute Gasteiger partial charge is 0.326 e. The normalized spacial score (nSPS) is 13.7. The summed E-state index contributed by atoms with van der Waals surface area (Å²) in [7, 11) is 0. The van der Waals surface area contributed by atoms with Gasteiger partial charge >= 0.3 is 0 Å². The summed E-state index contributed by atoms with van der Waals surface area (Å²) < 4.78 is 1.83. The van der Waals surface area contributed by atoms with Gasteiger partial charge < -0.3 is 10.2 Å². The van der Waals surface area contributed by atoms with Gasteiger partial charge in [0.1, 0.15) is 0 Å². The topological polar surface area (TPSA) is 67.2 Å². The summed E-state index contributed by atoms with van der Waals surface area (Å²) in [4.78, 5) is 26.3. The van der Waals surface area contributed by atoms with Crippen LogP contribution in [-0.2, 0) is 16.0 Å². The number of aryl methyl sites for hydroxylation is 1. The number of anilines is 2. The molecule has 0 radical (unpaired) electrons. The van der Waals surface area contributed by atoms with Crippen LogP contribution in [-0.4, -0.2) is 28.1 Å². The van der Waals surface area contributed by atoms with Gasteiger partial charge in [0, 0.05) is 40.6 Å². The maximum atomic E-state index is 12.6. The Balaban J connectivity index is 1.45. The quantitative estimate of drug-likeness (QED) is 0.660. The van der Waals surface area contributed by atoms with Gasteiger partial charge in [-0.3, -0.25) is 9.59 Å². The minimum atomic E-state index is -0.109. The molecule has 1 N–H and O–H groups in total. The number of carbonyl (C=O) groups is 2. The molecule has 0 atom stereocenters. The van der Waals surface area contributed by atoms with Crippen molar-refractivity contribution in [1.82, 2.24) is 9.78 Å². The number of nitrogens with one attached hydrogen (secondary N) is 1. The zero-order chi connectivity index (χ0) is 21.3. The molecular formula is C23H23ClN4O2. The second-order valence-corrected chi connectivity index (χ2v) is 7.89. The van der Waals surface area contributed by atoms with Gasteiger partial charge in [0.25, 0.3) is 0 Å². The van der Waals surface area contributed by atoms with Crippen molar-refractivity contribution in [1.29, 1.82) is 0 Å². The molecule has 0 aliphatic carbocycles. The summed E-state index contributed by atoms with van der Waals surface area (Å²) in [5, 5.41) is 8.19. The van der Waals surface area contributed by atoms with E-state index in [4.69, 9.17) is 11.6 Å². The van der Waals surface area contributed by atoms with Crippen molar-refractivity contribution in [2.24, 2.45) is 0 Å². The molecule has 1 aromatic heterocycles. The fourth-order valence-electron chi connectivity index (χ4n) is 3.78. The Bertz CT molecular complexity index is 1090. The highest BCUT2D eigenvalue weighted by Crippen LogP contribution is 2.24. The van der Waals surface area contributed by atoms with E-state index in [1.807, 2.05) is 67.1 Å². The van der Waals surface area contributed by atoms with Gasteiger partial charge in [-0.1, -0.05) is 11.6 Å². The average molecular weight is 423 g/mol. The SMILES string of the molecule is Cc1nn(-c2ccc(Cl)cc2)c(C)c1CC(=O)Nc1ccc(N2CCCC2=O)cc1. The van der Waals surface area contributed by atoms with Crippen LogP contribution in [0.2, 0.25) is 5.02 Å². The zero-order valence-corrected chi connectivity index (χ0v) is 17.7. The molecule has 0 bridgehead atoms. The molecule has 154 valence electrons. The van der Waals surface area contributed by atoms with E-state index < -0.39 is 0 Å². The molecule has 30 heavy (non-hydrogen) atoms. The standard InChI is InChI=1S/C23H23ClN4O2/c1-15-21(16(2)28(26-15)20-9-5-17(24)6-10-20)14-22(29)25-18-7-11-19(12-8-18)27-13-3-4-23(27)30/h5-12H,3-4,13-14H2,1-2H3,(H,25,29). The van der Waals surface area contributed by atoms with Gasteiger partial charge in [0.05, 0.1) is 17.8 Å². The molecule has 4 rings (SSSR count). The van der Waals surface area contributed by atoms with Crippen molar-refractivity contribution < 1.29 is 9.59 Å². The van der Waals surface area contributed by atoms with Crippen molar-refractivity contribution in [3.63, 3.8) is 0 Å². The number of amides is 2. The average Bonchev–Trinajstić information content (AvgIpc) is 3.27. The second kappa shape index (κ2) is 8.32. The van der Waals surface area contributed by atoms with Crippen LogP contribution in [0, 0.1) is 13.8 Å². The molecule has 2 aromatic carbocycles. The van der Waals surface area contributed by atoms with Crippen LogP contribution in [0.25, 0.3) is 5.69 Å². The zero-order valence-electron chi connectivity index (χ0n) is 17.0. The number of nitrogens with zero attached hydrogens (tertiary/aromatic N) is 3. The lowest BCUT2D eigenvalue weighted by molar-refractivity contribution is -0.117. The minimum absolute atomic E-state index is 0.109. The van der Waals surface area contributed by atoms with Crippen molar-refractivity contribution in [2.45, 2.75) is 33.1 Å². The van der Waals surface area contributed by atoms with Crippen LogP contribution in [0.3, 0.4) is 0 Å². The number of hydrogen-bond donors (Lipinski definition) is 1. The summed E-state index contributed by atoms with van der Waals surface area (Å²) in [6.45, 7) is 4.61. The predicted octanol–water partition coefficient (Wildman–Crippen LogP) is 4.45. The number of hydrogen-bond acceptors (Lipinski definition) is 3. The van der Waals surface area contributed by atoms with E-state index in [0.717, 1.165) is 41.3 Å². The number of aromatic nitrogens is 2. The van der Waals surface area contributed by atoms with E-state index in [2.05, 4.69) is 10.4 Å². The molecule has 1 aliphatic heterocycles. The summed E-state index contributed by atoms with van der Waals surface area (Å²) >= 11 is 5.97. The lowest BCUT2D eigenvalue weighted by Crippen LogP contribution is -2.23. The molecule has 1 aliphatic rings. The summed E-state index contributed by atoms with van der Waals surface area (Å²) in [6, 6.07) is 14.8. The van der Waals surface area contributed by atoms with Gasteiger partial charge in [-0.25, -0.2) is 4.68 Å². The highest BCUT2D eigenvalue weighted by molar-refractivity contribution is 6.30. The molecule has 1 saturated heterocycles. The highest BCUT2D eigenvalue weighted by Gasteiger charge is 2.21. The van der Waals surface area contributed by atoms with Crippen molar-refractivity contribution in [3.05, 3.63) is 70.5 Å². The Kier molecular flexibility index (Phi) is 5.59. The second-order valence-electron chi connectivity index (χ2n) is 7.46. The molecule has 7 heteroatoms. The van der Waals surface area contributed by atoms with Crippen LogP contribution < -0.4 is 10.2 Å². The maximum Gasteiger partial charge on any atom is 0.228 e. The molecule has 6 nitrogen and oxygen atoms in total. The summed E-state index contributed by atoms with van der Waals surface area (Å²) in [5.41, 5.74) is 5.12. The van der Waals surface area contributed by atoms with Gasteiger partial charge in [-0.05, 0) is 68.8 Å². The van der Waals surface area contributed by atoms with E-state index in [9.17, 15) is 9.59 Å². The van der Waals surface area contributed by atoms with E-state index in [1.54, 1.807) is 4.90 Å². The van der Waals surface area contributed by atoms with E-state index in [-0.39, 0.29) is 18.2 Å². The molecular weight excluding hydrogens is 400 g/mol. The fourth-order valence-corrected chi connectivity index (χ4v) is 3.90. The van der Waals surface area contributed by atoms with Gasteiger partial charge in [-0.2, -0.15) is 5.10 Å². The smallest absolute Gasteiger partial charge is 0.228 e.